The van der Waals surface area contributed by atoms with Gasteiger partial charge in [0, 0.05) is 24.9 Å². The summed E-state index contributed by atoms with van der Waals surface area (Å²) in [6.45, 7) is 5.87. The first-order valence-electron chi connectivity index (χ1n) is 9.75. The maximum Gasteiger partial charge on any atom is 0.223 e. The quantitative estimate of drug-likeness (QED) is 0.489. The van der Waals surface area contributed by atoms with Gasteiger partial charge in [-0.3, -0.25) is 4.79 Å². The van der Waals surface area contributed by atoms with Gasteiger partial charge in [-0.2, -0.15) is 10.4 Å². The van der Waals surface area contributed by atoms with E-state index < -0.39 is 0 Å². The van der Waals surface area contributed by atoms with E-state index in [2.05, 4.69) is 21.1 Å². The molecule has 1 aromatic carbocycles. The van der Waals surface area contributed by atoms with Gasteiger partial charge in [0.2, 0.25) is 5.91 Å². The van der Waals surface area contributed by atoms with Crippen LogP contribution in [0.5, 0.6) is 0 Å². The predicted octanol–water partition coefficient (Wildman–Crippen LogP) is 3.98. The Morgan fingerprint density at radius 2 is 2.07 bits per heavy atom. The second kappa shape index (κ2) is 7.84. The summed E-state index contributed by atoms with van der Waals surface area (Å²) >= 11 is 1.62. The number of carbonyl (C=O) groups is 1. The zero-order valence-electron chi connectivity index (χ0n) is 17.4. The Hall–Kier alpha value is -3.31. The molecule has 4 aromatic rings. The van der Waals surface area contributed by atoms with Gasteiger partial charge in [0.05, 0.1) is 22.5 Å². The lowest BCUT2D eigenvalue weighted by Gasteiger charge is -2.23. The molecule has 3 heterocycles. The summed E-state index contributed by atoms with van der Waals surface area (Å²) in [4.78, 5) is 23.9. The topological polar surface area (TPSA) is 87.2 Å². The highest BCUT2D eigenvalue weighted by molar-refractivity contribution is 7.18. The smallest absolute Gasteiger partial charge is 0.223 e. The van der Waals surface area contributed by atoms with E-state index >= 15 is 0 Å². The normalized spacial score (nSPS) is 12.2. The van der Waals surface area contributed by atoms with Gasteiger partial charge in [-0.05, 0) is 44.9 Å². The molecular weight excluding hydrogens is 396 g/mol. The van der Waals surface area contributed by atoms with Crippen molar-refractivity contribution in [1.29, 1.82) is 5.26 Å². The molecule has 4 rings (SSSR count). The van der Waals surface area contributed by atoms with E-state index in [0.29, 0.717) is 24.1 Å². The average Bonchev–Trinajstić information content (AvgIpc) is 3.36. The number of benzene rings is 1. The van der Waals surface area contributed by atoms with Crippen LogP contribution in [0.15, 0.2) is 30.5 Å². The van der Waals surface area contributed by atoms with Crippen molar-refractivity contribution < 1.29 is 4.79 Å². The fraction of sp³-hybridized carbons (Fsp3) is 0.318. The van der Waals surface area contributed by atoms with Gasteiger partial charge in [-0.15, -0.1) is 11.3 Å². The molecule has 8 heteroatoms. The molecule has 0 aliphatic carbocycles. The fourth-order valence-electron chi connectivity index (χ4n) is 3.61. The van der Waals surface area contributed by atoms with Crippen LogP contribution in [0.3, 0.4) is 0 Å². The molecular formula is C22H22N6OS. The van der Waals surface area contributed by atoms with Crippen LogP contribution >= 0.6 is 11.3 Å². The Kier molecular flexibility index (Phi) is 5.22. The largest absolute Gasteiger partial charge is 0.337 e. The van der Waals surface area contributed by atoms with E-state index in [1.54, 1.807) is 20.8 Å². The fourth-order valence-corrected chi connectivity index (χ4v) is 4.67. The molecule has 0 spiro atoms. The first-order valence-corrected chi connectivity index (χ1v) is 10.6. The van der Waals surface area contributed by atoms with E-state index in [0.717, 1.165) is 32.2 Å². The van der Waals surface area contributed by atoms with Crippen LogP contribution in [0.25, 0.3) is 15.9 Å². The summed E-state index contributed by atoms with van der Waals surface area (Å²) < 4.78 is 2.81. The highest BCUT2D eigenvalue weighted by Gasteiger charge is 2.22. The number of para-hydroxylation sites is 1. The Morgan fingerprint density at radius 1 is 1.30 bits per heavy atom. The highest BCUT2D eigenvalue weighted by Crippen LogP contribution is 2.29. The minimum atomic E-state index is -0.0954. The number of carbonyl (C=O) groups excluding carboxylic acids is 1. The van der Waals surface area contributed by atoms with E-state index in [1.165, 1.54) is 6.20 Å². The van der Waals surface area contributed by atoms with Crippen LogP contribution in [0, 0.1) is 25.2 Å². The molecule has 0 N–H and O–H groups in total. The number of amides is 1. The first kappa shape index (κ1) is 20.0. The predicted molar refractivity (Wildman–Crippen MR) is 116 cm³/mol. The number of aromatic nitrogens is 4. The second-order valence-electron chi connectivity index (χ2n) is 7.37. The van der Waals surface area contributed by atoms with Crippen molar-refractivity contribution >= 4 is 33.1 Å². The molecule has 0 aliphatic heterocycles. The van der Waals surface area contributed by atoms with Crippen molar-refractivity contribution in [2.75, 3.05) is 7.05 Å². The molecule has 7 nitrogen and oxygen atoms in total. The molecule has 152 valence electrons. The van der Waals surface area contributed by atoms with Crippen molar-refractivity contribution in [2.24, 2.45) is 0 Å². The SMILES string of the molecule is Cc1nc2c(C#N)cnn2c(C)c1CCC(=O)N(C)[C@H](C)c1nc2ccccc2s1. The van der Waals surface area contributed by atoms with Crippen LogP contribution in [0.4, 0.5) is 0 Å². The number of fused-ring (bicyclic) bond motifs is 2. The van der Waals surface area contributed by atoms with Crippen LogP contribution in [0.1, 0.15) is 46.9 Å². The molecule has 1 amide bonds. The van der Waals surface area contributed by atoms with Gasteiger partial charge >= 0.3 is 0 Å². The van der Waals surface area contributed by atoms with Gasteiger partial charge in [-0.25, -0.2) is 14.5 Å². The van der Waals surface area contributed by atoms with Gasteiger partial charge in [0.1, 0.15) is 16.6 Å². The zero-order chi connectivity index (χ0) is 21.4. The lowest BCUT2D eigenvalue weighted by molar-refractivity contribution is -0.131. The maximum atomic E-state index is 12.9. The summed E-state index contributed by atoms with van der Waals surface area (Å²) in [5.74, 6) is 0.0545. The Bertz CT molecular complexity index is 1270. The summed E-state index contributed by atoms with van der Waals surface area (Å²) in [6.07, 6.45) is 2.46. The molecule has 0 saturated heterocycles. The van der Waals surface area contributed by atoms with Gasteiger partial charge in [-0.1, -0.05) is 12.1 Å². The summed E-state index contributed by atoms with van der Waals surface area (Å²) in [6, 6.07) is 10.0. The Labute approximate surface area is 178 Å². The Morgan fingerprint density at radius 3 is 2.80 bits per heavy atom. The molecule has 0 unspecified atom stereocenters. The number of hydrogen-bond acceptors (Lipinski definition) is 6. The van der Waals surface area contributed by atoms with Crippen molar-refractivity contribution in [1.82, 2.24) is 24.5 Å². The monoisotopic (exact) mass is 418 g/mol. The summed E-state index contributed by atoms with van der Waals surface area (Å²) in [7, 11) is 1.83. The molecule has 30 heavy (non-hydrogen) atoms. The molecule has 0 bridgehead atoms. The van der Waals surface area contributed by atoms with Crippen LogP contribution in [-0.4, -0.2) is 37.4 Å². The maximum absolute atomic E-state index is 12.9. The minimum Gasteiger partial charge on any atom is -0.337 e. The number of thiazole rings is 1. The van der Waals surface area contributed by atoms with Crippen molar-refractivity contribution in [3.8, 4) is 6.07 Å². The van der Waals surface area contributed by atoms with E-state index in [4.69, 9.17) is 0 Å². The lowest BCUT2D eigenvalue weighted by Crippen LogP contribution is -2.30. The third kappa shape index (κ3) is 3.42. The molecule has 0 aliphatic rings. The third-order valence-corrected chi connectivity index (χ3v) is 6.77. The molecule has 1 atom stereocenters. The number of nitrogens with zero attached hydrogens (tertiary/aromatic N) is 6. The van der Waals surface area contributed by atoms with Gasteiger partial charge in [0.15, 0.2) is 5.65 Å². The number of aryl methyl sites for hydroxylation is 2. The van der Waals surface area contributed by atoms with E-state index in [9.17, 15) is 10.1 Å². The molecule has 0 fully saturated rings. The Balaban J connectivity index is 1.50. The van der Waals surface area contributed by atoms with Crippen LogP contribution in [0.2, 0.25) is 0 Å². The van der Waals surface area contributed by atoms with E-state index in [1.807, 2.05) is 52.1 Å². The van der Waals surface area contributed by atoms with Gasteiger partial charge < -0.3 is 4.90 Å². The number of rotatable bonds is 5. The van der Waals surface area contributed by atoms with E-state index in [-0.39, 0.29) is 11.9 Å². The van der Waals surface area contributed by atoms with Gasteiger partial charge in [0.25, 0.3) is 0 Å². The van der Waals surface area contributed by atoms with Crippen molar-refractivity contribution in [3.63, 3.8) is 0 Å². The van der Waals surface area contributed by atoms with Crippen molar-refractivity contribution in [3.05, 3.63) is 58.0 Å². The first-order chi connectivity index (χ1) is 14.4. The standard InChI is InChI=1S/C22H22N6OS/c1-13-17(14(2)28-21(25-13)16(11-23)12-24-28)9-10-20(29)27(4)15(3)22-26-18-7-5-6-8-19(18)30-22/h5-8,12,15H,9-10H2,1-4H3/t15-/m1/s1. The highest BCUT2D eigenvalue weighted by atomic mass is 32.1. The minimum absolute atomic E-state index is 0.0545. The summed E-state index contributed by atoms with van der Waals surface area (Å²) in [5.41, 5.74) is 4.70. The molecule has 3 aromatic heterocycles. The average molecular weight is 419 g/mol. The number of nitriles is 1. The molecule has 0 radical (unpaired) electrons. The van der Waals surface area contributed by atoms with Crippen LogP contribution < -0.4 is 0 Å². The number of hydrogen-bond donors (Lipinski definition) is 0. The second-order valence-corrected chi connectivity index (χ2v) is 8.43. The zero-order valence-corrected chi connectivity index (χ0v) is 18.2. The lowest BCUT2D eigenvalue weighted by atomic mass is 10.1. The third-order valence-electron chi connectivity index (χ3n) is 5.56. The van der Waals surface area contributed by atoms with Crippen molar-refractivity contribution in [2.45, 2.75) is 39.7 Å². The molecule has 0 saturated carbocycles. The van der Waals surface area contributed by atoms with Crippen LogP contribution in [-0.2, 0) is 11.2 Å². The summed E-state index contributed by atoms with van der Waals surface area (Å²) in [5, 5.41) is 14.4.